The molecule has 2 aromatic rings. The van der Waals surface area contributed by atoms with Crippen LogP contribution in [0.1, 0.15) is 15.9 Å². The average Bonchev–Trinajstić information content (AvgIpc) is 2.43. The van der Waals surface area contributed by atoms with E-state index in [1.165, 1.54) is 12.1 Å². The van der Waals surface area contributed by atoms with Crippen LogP contribution in [0.25, 0.3) is 0 Å². The van der Waals surface area contributed by atoms with E-state index in [0.29, 0.717) is 33.3 Å². The molecule has 0 aliphatic rings. The van der Waals surface area contributed by atoms with Gasteiger partial charge >= 0.3 is 5.97 Å². The molecule has 0 atom stereocenters. The molecule has 2 rings (SSSR count). The summed E-state index contributed by atoms with van der Waals surface area (Å²) in [6, 6.07) is 9.93. The van der Waals surface area contributed by atoms with Crippen LogP contribution in [-0.4, -0.2) is 17.7 Å². The number of halogens is 3. The van der Waals surface area contributed by atoms with Crippen molar-refractivity contribution in [2.45, 2.75) is 6.42 Å². The SMILES string of the molecule is O=C(O)c1ccc(Br)c(OCCc2ccc(Cl)cc2Cl)c1. The van der Waals surface area contributed by atoms with E-state index >= 15 is 0 Å². The summed E-state index contributed by atoms with van der Waals surface area (Å²) in [7, 11) is 0. The van der Waals surface area contributed by atoms with Crippen molar-refractivity contribution in [3.63, 3.8) is 0 Å². The lowest BCUT2D eigenvalue weighted by Gasteiger charge is -2.10. The minimum Gasteiger partial charge on any atom is -0.492 e. The fourth-order valence-electron chi connectivity index (χ4n) is 1.74. The molecule has 0 saturated heterocycles. The highest BCUT2D eigenvalue weighted by Gasteiger charge is 2.08. The Balaban J connectivity index is 2.03. The zero-order valence-electron chi connectivity index (χ0n) is 10.8. The highest BCUT2D eigenvalue weighted by Crippen LogP contribution is 2.27. The Kier molecular flexibility index (Phi) is 5.51. The van der Waals surface area contributed by atoms with Gasteiger partial charge in [-0.05, 0) is 51.8 Å². The Morgan fingerprint density at radius 3 is 2.62 bits per heavy atom. The van der Waals surface area contributed by atoms with Crippen LogP contribution >= 0.6 is 39.1 Å². The van der Waals surface area contributed by atoms with Crippen molar-refractivity contribution in [3.8, 4) is 5.75 Å². The molecule has 110 valence electrons. The van der Waals surface area contributed by atoms with E-state index in [2.05, 4.69) is 15.9 Å². The Bertz CT molecular complexity index is 674. The molecule has 21 heavy (non-hydrogen) atoms. The van der Waals surface area contributed by atoms with Gasteiger partial charge in [-0.25, -0.2) is 4.79 Å². The van der Waals surface area contributed by atoms with Crippen LogP contribution in [0.2, 0.25) is 10.0 Å². The quantitative estimate of drug-likeness (QED) is 0.775. The maximum absolute atomic E-state index is 10.9. The second-order valence-electron chi connectivity index (χ2n) is 4.28. The number of hydrogen-bond acceptors (Lipinski definition) is 2. The largest absolute Gasteiger partial charge is 0.492 e. The third-order valence-electron chi connectivity index (χ3n) is 2.82. The van der Waals surface area contributed by atoms with Crippen LogP contribution in [0.3, 0.4) is 0 Å². The van der Waals surface area contributed by atoms with Gasteiger partial charge < -0.3 is 9.84 Å². The number of benzene rings is 2. The Labute approximate surface area is 140 Å². The molecule has 0 heterocycles. The third kappa shape index (κ3) is 4.37. The predicted octanol–water partition coefficient (Wildman–Crippen LogP) is 5.08. The number of carbonyl (C=O) groups is 1. The van der Waals surface area contributed by atoms with Crippen molar-refractivity contribution in [2.75, 3.05) is 6.61 Å². The molecule has 1 N–H and O–H groups in total. The highest BCUT2D eigenvalue weighted by atomic mass is 79.9. The maximum atomic E-state index is 10.9. The van der Waals surface area contributed by atoms with Crippen LogP contribution < -0.4 is 4.74 Å². The standard InChI is InChI=1S/C15H11BrCl2O3/c16-12-4-2-10(15(19)20)7-14(12)21-6-5-9-1-3-11(17)8-13(9)18/h1-4,7-8H,5-6H2,(H,19,20). The number of ether oxygens (including phenoxy) is 1. The molecule has 0 saturated carbocycles. The van der Waals surface area contributed by atoms with E-state index in [1.807, 2.05) is 6.07 Å². The normalized spacial score (nSPS) is 10.4. The summed E-state index contributed by atoms with van der Waals surface area (Å²) in [6.07, 6.45) is 0.597. The molecule has 0 radical (unpaired) electrons. The van der Waals surface area contributed by atoms with Gasteiger partial charge in [-0.3, -0.25) is 0 Å². The number of carboxylic acid groups (broad SMARTS) is 1. The first-order valence-electron chi connectivity index (χ1n) is 6.07. The van der Waals surface area contributed by atoms with Gasteiger partial charge in [0.25, 0.3) is 0 Å². The smallest absolute Gasteiger partial charge is 0.335 e. The van der Waals surface area contributed by atoms with Gasteiger partial charge in [0.1, 0.15) is 5.75 Å². The Morgan fingerprint density at radius 1 is 1.19 bits per heavy atom. The van der Waals surface area contributed by atoms with Crippen molar-refractivity contribution in [2.24, 2.45) is 0 Å². The predicted molar refractivity (Wildman–Crippen MR) is 86.8 cm³/mol. The first-order chi connectivity index (χ1) is 9.97. The lowest BCUT2D eigenvalue weighted by Crippen LogP contribution is -2.04. The number of carboxylic acids is 1. The van der Waals surface area contributed by atoms with Crippen LogP contribution in [0, 0.1) is 0 Å². The van der Waals surface area contributed by atoms with E-state index in [1.54, 1.807) is 18.2 Å². The number of aromatic carboxylic acids is 1. The van der Waals surface area contributed by atoms with Gasteiger partial charge in [0.15, 0.2) is 0 Å². The molecule has 6 heteroatoms. The van der Waals surface area contributed by atoms with Crippen LogP contribution in [-0.2, 0) is 6.42 Å². The summed E-state index contributed by atoms with van der Waals surface area (Å²) in [6.45, 7) is 0.378. The molecule has 0 bridgehead atoms. The Morgan fingerprint density at radius 2 is 1.95 bits per heavy atom. The van der Waals surface area contributed by atoms with Crippen LogP contribution in [0.5, 0.6) is 5.75 Å². The van der Waals surface area contributed by atoms with Gasteiger partial charge in [0, 0.05) is 16.5 Å². The lowest BCUT2D eigenvalue weighted by atomic mass is 10.1. The Hall–Kier alpha value is -1.23. The molecule has 0 fully saturated rings. The van der Waals surface area contributed by atoms with E-state index in [4.69, 9.17) is 33.0 Å². The van der Waals surface area contributed by atoms with Crippen molar-refractivity contribution >= 4 is 45.1 Å². The molecular weight excluding hydrogens is 379 g/mol. The van der Waals surface area contributed by atoms with Crippen LogP contribution in [0.15, 0.2) is 40.9 Å². The van der Waals surface area contributed by atoms with Crippen molar-refractivity contribution in [1.29, 1.82) is 0 Å². The minimum atomic E-state index is -0.993. The average molecular weight is 390 g/mol. The topological polar surface area (TPSA) is 46.5 Å². The van der Waals surface area contributed by atoms with E-state index in [0.717, 1.165) is 5.56 Å². The fourth-order valence-corrected chi connectivity index (χ4v) is 2.61. The van der Waals surface area contributed by atoms with Crippen molar-refractivity contribution in [3.05, 3.63) is 62.0 Å². The molecule has 0 amide bonds. The molecule has 2 aromatic carbocycles. The molecule has 0 aliphatic heterocycles. The van der Waals surface area contributed by atoms with E-state index in [9.17, 15) is 4.79 Å². The van der Waals surface area contributed by atoms with Crippen LogP contribution in [0.4, 0.5) is 0 Å². The van der Waals surface area contributed by atoms with Gasteiger partial charge in [0.05, 0.1) is 16.6 Å². The third-order valence-corrected chi connectivity index (χ3v) is 4.06. The highest BCUT2D eigenvalue weighted by molar-refractivity contribution is 9.10. The molecule has 3 nitrogen and oxygen atoms in total. The van der Waals surface area contributed by atoms with Crippen molar-refractivity contribution in [1.82, 2.24) is 0 Å². The first kappa shape index (κ1) is 16.1. The van der Waals surface area contributed by atoms with E-state index in [-0.39, 0.29) is 5.56 Å². The van der Waals surface area contributed by atoms with Gasteiger partial charge in [-0.2, -0.15) is 0 Å². The number of hydrogen-bond donors (Lipinski definition) is 1. The number of rotatable bonds is 5. The van der Waals surface area contributed by atoms with Gasteiger partial charge in [-0.1, -0.05) is 29.3 Å². The van der Waals surface area contributed by atoms with Crippen molar-refractivity contribution < 1.29 is 14.6 Å². The summed E-state index contributed by atoms with van der Waals surface area (Å²) in [5.74, 6) is -0.506. The second kappa shape index (κ2) is 7.16. The van der Waals surface area contributed by atoms with Gasteiger partial charge in [0.2, 0.25) is 0 Å². The zero-order chi connectivity index (χ0) is 15.4. The van der Waals surface area contributed by atoms with Gasteiger partial charge in [-0.15, -0.1) is 0 Å². The lowest BCUT2D eigenvalue weighted by molar-refractivity contribution is 0.0696. The summed E-state index contributed by atoms with van der Waals surface area (Å²) in [5, 5.41) is 10.1. The summed E-state index contributed by atoms with van der Waals surface area (Å²) < 4.78 is 6.32. The maximum Gasteiger partial charge on any atom is 0.335 e. The van der Waals surface area contributed by atoms with E-state index < -0.39 is 5.97 Å². The molecule has 0 aliphatic carbocycles. The minimum absolute atomic E-state index is 0.178. The zero-order valence-corrected chi connectivity index (χ0v) is 13.9. The first-order valence-corrected chi connectivity index (χ1v) is 7.62. The summed E-state index contributed by atoms with van der Waals surface area (Å²) in [4.78, 5) is 10.9. The summed E-state index contributed by atoms with van der Waals surface area (Å²) in [5.41, 5.74) is 1.10. The molecule has 0 unspecified atom stereocenters. The molecule has 0 spiro atoms. The second-order valence-corrected chi connectivity index (χ2v) is 5.98. The molecule has 0 aromatic heterocycles. The summed E-state index contributed by atoms with van der Waals surface area (Å²) >= 11 is 15.2. The molecular formula is C15H11BrCl2O3. The fraction of sp³-hybridized carbons (Fsp3) is 0.133. The monoisotopic (exact) mass is 388 g/mol.